The summed E-state index contributed by atoms with van der Waals surface area (Å²) in [4.78, 5) is 12.5. The molecule has 0 bridgehead atoms. The van der Waals surface area contributed by atoms with Gasteiger partial charge in [0, 0.05) is 12.6 Å². The fourth-order valence-corrected chi connectivity index (χ4v) is 3.89. The number of aliphatic imine (C=N–C) groups is 3. The lowest BCUT2D eigenvalue weighted by Gasteiger charge is -2.13. The molecular weight excluding hydrogens is 390 g/mol. The van der Waals surface area contributed by atoms with Crippen molar-refractivity contribution in [3.8, 4) is 33.4 Å². The van der Waals surface area contributed by atoms with Gasteiger partial charge in [-0.3, -0.25) is 9.98 Å². The van der Waals surface area contributed by atoms with Gasteiger partial charge in [-0.05, 0) is 88.8 Å². The van der Waals surface area contributed by atoms with Crippen LogP contribution < -0.4 is 0 Å². The Morgan fingerprint density at radius 2 is 1.12 bits per heavy atom. The summed E-state index contributed by atoms with van der Waals surface area (Å²) < 4.78 is 0. The van der Waals surface area contributed by atoms with Gasteiger partial charge in [0.05, 0.1) is 6.54 Å². The molecule has 0 spiro atoms. The normalized spacial score (nSPS) is 11.2. The van der Waals surface area contributed by atoms with Crippen molar-refractivity contribution in [2.24, 2.45) is 15.0 Å². The first-order chi connectivity index (χ1) is 15.7. The molecule has 0 aliphatic rings. The van der Waals surface area contributed by atoms with Crippen LogP contribution in [0.5, 0.6) is 0 Å². The van der Waals surface area contributed by atoms with Crippen LogP contribution >= 0.6 is 0 Å². The van der Waals surface area contributed by atoms with Gasteiger partial charge in [0.25, 0.3) is 0 Å². The Bertz CT molecular complexity index is 1210. The highest BCUT2D eigenvalue weighted by molar-refractivity contribution is 6.02. The maximum absolute atomic E-state index is 4.28. The largest absolute Gasteiger partial charge is 0.296 e. The molecule has 0 radical (unpaired) electrons. The molecule has 0 saturated heterocycles. The first-order valence-corrected chi connectivity index (χ1v) is 10.5. The van der Waals surface area contributed by atoms with E-state index in [1.54, 1.807) is 7.05 Å². The predicted molar refractivity (Wildman–Crippen MR) is 138 cm³/mol. The molecule has 0 N–H and O–H groups in total. The predicted octanol–water partition coefficient (Wildman–Crippen LogP) is 6.97. The van der Waals surface area contributed by atoms with Gasteiger partial charge < -0.3 is 0 Å². The summed E-state index contributed by atoms with van der Waals surface area (Å²) in [7, 11) is 1.73. The molecule has 0 amide bonds. The first-order valence-electron chi connectivity index (χ1n) is 10.5. The summed E-state index contributed by atoms with van der Waals surface area (Å²) >= 11 is 0. The molecule has 32 heavy (non-hydrogen) atoms. The minimum Gasteiger partial charge on any atom is -0.296 e. The number of hydrogen-bond donors (Lipinski definition) is 0. The monoisotopic (exact) mass is 415 g/mol. The van der Waals surface area contributed by atoms with Crippen LogP contribution in [0.2, 0.25) is 0 Å². The molecular formula is C29H25N3. The Morgan fingerprint density at radius 3 is 1.59 bits per heavy atom. The summed E-state index contributed by atoms with van der Waals surface area (Å²) in [5.74, 6) is 0.611. The SMILES string of the molecule is C=NCc1cc(C(N=C)=NC)cc(-c2cc(-c3ccccc3)cc(-c3ccccc3)c2)c1. The van der Waals surface area contributed by atoms with Crippen molar-refractivity contribution >= 4 is 19.3 Å². The Hall–Kier alpha value is -4.11. The molecule has 4 rings (SSSR count). The molecule has 0 atom stereocenters. The number of nitrogens with zero attached hydrogens (tertiary/aromatic N) is 3. The highest BCUT2D eigenvalue weighted by Crippen LogP contribution is 2.34. The molecule has 3 nitrogen and oxygen atoms in total. The van der Waals surface area contributed by atoms with Gasteiger partial charge in [-0.15, -0.1) is 0 Å². The van der Waals surface area contributed by atoms with E-state index in [4.69, 9.17) is 0 Å². The topological polar surface area (TPSA) is 37.1 Å². The van der Waals surface area contributed by atoms with Crippen LogP contribution in [-0.4, -0.2) is 26.3 Å². The lowest BCUT2D eigenvalue weighted by atomic mass is 9.92. The van der Waals surface area contributed by atoms with Gasteiger partial charge in [0.1, 0.15) is 0 Å². The van der Waals surface area contributed by atoms with E-state index in [0.29, 0.717) is 12.4 Å². The van der Waals surface area contributed by atoms with Crippen molar-refractivity contribution < 1.29 is 0 Å². The molecule has 0 saturated carbocycles. The second kappa shape index (κ2) is 9.80. The van der Waals surface area contributed by atoms with Crippen LogP contribution in [0.4, 0.5) is 0 Å². The van der Waals surface area contributed by atoms with Crippen LogP contribution in [0, 0.1) is 0 Å². The quantitative estimate of drug-likeness (QED) is 0.241. The highest BCUT2D eigenvalue weighted by atomic mass is 14.9. The van der Waals surface area contributed by atoms with E-state index < -0.39 is 0 Å². The van der Waals surface area contributed by atoms with Gasteiger partial charge in [0.15, 0.2) is 5.84 Å². The van der Waals surface area contributed by atoms with Crippen molar-refractivity contribution in [1.29, 1.82) is 0 Å². The second-order valence-corrected chi connectivity index (χ2v) is 7.54. The van der Waals surface area contributed by atoms with E-state index in [1.807, 2.05) is 18.2 Å². The van der Waals surface area contributed by atoms with E-state index >= 15 is 0 Å². The van der Waals surface area contributed by atoms with Crippen molar-refractivity contribution in [3.63, 3.8) is 0 Å². The van der Waals surface area contributed by atoms with Gasteiger partial charge in [-0.2, -0.15) is 0 Å². The van der Waals surface area contributed by atoms with Crippen LogP contribution in [-0.2, 0) is 6.54 Å². The highest BCUT2D eigenvalue weighted by Gasteiger charge is 2.11. The van der Waals surface area contributed by atoms with Gasteiger partial charge in [-0.1, -0.05) is 60.7 Å². The summed E-state index contributed by atoms with van der Waals surface area (Å²) in [6.45, 7) is 7.87. The van der Waals surface area contributed by atoms with Crippen LogP contribution in [0.25, 0.3) is 33.4 Å². The minimum absolute atomic E-state index is 0.527. The Labute approximate surface area is 189 Å². The van der Waals surface area contributed by atoms with E-state index in [2.05, 4.69) is 107 Å². The Balaban J connectivity index is 1.94. The molecule has 0 unspecified atom stereocenters. The molecule has 0 aliphatic heterocycles. The molecule has 0 aliphatic carbocycles. The van der Waals surface area contributed by atoms with Gasteiger partial charge in [0.2, 0.25) is 0 Å². The zero-order valence-electron chi connectivity index (χ0n) is 18.2. The minimum atomic E-state index is 0.527. The van der Waals surface area contributed by atoms with E-state index in [0.717, 1.165) is 22.3 Å². The molecule has 3 heteroatoms. The van der Waals surface area contributed by atoms with E-state index in [9.17, 15) is 0 Å². The Kier molecular flexibility index (Phi) is 6.47. The first kappa shape index (κ1) is 21.1. The molecule has 0 heterocycles. The number of amidine groups is 1. The smallest absolute Gasteiger partial charge is 0.153 e. The van der Waals surface area contributed by atoms with Crippen molar-refractivity contribution in [1.82, 2.24) is 0 Å². The number of benzene rings is 4. The molecule has 156 valence electrons. The molecule has 4 aromatic rings. The Morgan fingerprint density at radius 1 is 0.625 bits per heavy atom. The fourth-order valence-electron chi connectivity index (χ4n) is 3.89. The van der Waals surface area contributed by atoms with Crippen molar-refractivity contribution in [2.45, 2.75) is 6.54 Å². The van der Waals surface area contributed by atoms with E-state index in [-0.39, 0.29) is 0 Å². The fraction of sp³-hybridized carbons (Fsp3) is 0.0690. The van der Waals surface area contributed by atoms with Crippen LogP contribution in [0.1, 0.15) is 11.1 Å². The zero-order chi connectivity index (χ0) is 22.3. The summed E-state index contributed by atoms with van der Waals surface area (Å²) in [6, 6.07) is 33.9. The van der Waals surface area contributed by atoms with Crippen LogP contribution in [0.15, 0.2) is 112 Å². The number of hydrogen-bond acceptors (Lipinski definition) is 2. The van der Waals surface area contributed by atoms with Gasteiger partial charge in [-0.25, -0.2) is 4.99 Å². The molecule has 4 aromatic carbocycles. The average Bonchev–Trinajstić information content (AvgIpc) is 2.86. The third-order valence-electron chi connectivity index (χ3n) is 5.39. The summed E-state index contributed by atoms with van der Waals surface area (Å²) in [5, 5.41) is 0. The van der Waals surface area contributed by atoms with E-state index in [1.165, 1.54) is 22.3 Å². The third kappa shape index (κ3) is 4.62. The summed E-state index contributed by atoms with van der Waals surface area (Å²) in [5.41, 5.74) is 8.88. The lowest BCUT2D eigenvalue weighted by molar-refractivity contribution is 1.08. The standard InChI is InChI=1S/C29H25N3/c1-30-20-21-14-24(19-28(15-21)29(31-2)32-3)27-17-25(22-10-6-4-7-11-22)16-26(18-27)23-12-8-5-9-13-23/h4-19H,1-2,20H2,3H3. The average molecular weight is 416 g/mol. The number of rotatable bonds is 6. The molecule has 0 fully saturated rings. The summed E-state index contributed by atoms with van der Waals surface area (Å²) in [6.07, 6.45) is 0. The van der Waals surface area contributed by atoms with Gasteiger partial charge >= 0.3 is 0 Å². The van der Waals surface area contributed by atoms with Crippen LogP contribution in [0.3, 0.4) is 0 Å². The third-order valence-corrected chi connectivity index (χ3v) is 5.39. The maximum atomic E-state index is 4.28. The lowest BCUT2D eigenvalue weighted by Crippen LogP contribution is -1.99. The molecule has 0 aromatic heterocycles. The maximum Gasteiger partial charge on any atom is 0.153 e. The zero-order valence-corrected chi connectivity index (χ0v) is 18.2. The van der Waals surface area contributed by atoms with Crippen molar-refractivity contribution in [2.75, 3.05) is 7.05 Å². The second-order valence-electron chi connectivity index (χ2n) is 7.54. The van der Waals surface area contributed by atoms with Crippen molar-refractivity contribution in [3.05, 3.63) is 108 Å².